The lowest BCUT2D eigenvalue weighted by atomic mass is 10.1. The van der Waals surface area contributed by atoms with Crippen LogP contribution in [0.15, 0.2) is 41.3 Å². The van der Waals surface area contributed by atoms with E-state index in [1.807, 2.05) is 19.1 Å². The number of hydrogen-bond donors (Lipinski definition) is 4. The maximum atomic E-state index is 13.3. The molecule has 166 valence electrons. The minimum absolute atomic E-state index is 0.0347. The molecule has 2 amide bonds. The number of carbonyl (C=O) groups is 1. The number of amides is 2. The second-order valence-corrected chi connectivity index (χ2v) is 10.1. The average molecular weight is 465 g/mol. The lowest BCUT2D eigenvalue weighted by Gasteiger charge is -2.32. The largest absolute Gasteiger partial charge is 0.504 e. The van der Waals surface area contributed by atoms with Crippen molar-refractivity contribution < 1.29 is 18.3 Å². The third kappa shape index (κ3) is 4.36. The summed E-state index contributed by atoms with van der Waals surface area (Å²) in [7, 11) is -4.04. The summed E-state index contributed by atoms with van der Waals surface area (Å²) in [6, 6.07) is 9.70. The van der Waals surface area contributed by atoms with E-state index in [1.165, 1.54) is 16.4 Å². The highest BCUT2D eigenvalue weighted by atomic mass is 35.5. The second kappa shape index (κ2) is 8.66. The van der Waals surface area contributed by atoms with Gasteiger partial charge in [-0.1, -0.05) is 36.7 Å². The van der Waals surface area contributed by atoms with Gasteiger partial charge in [0.25, 0.3) is 0 Å². The van der Waals surface area contributed by atoms with Crippen LogP contribution in [-0.4, -0.2) is 49.0 Å². The van der Waals surface area contributed by atoms with Crippen molar-refractivity contribution in [3.8, 4) is 5.75 Å². The van der Waals surface area contributed by atoms with E-state index in [-0.39, 0.29) is 27.7 Å². The number of aromatic hydroxyl groups is 1. The number of urea groups is 1. The van der Waals surface area contributed by atoms with Gasteiger partial charge in [0, 0.05) is 30.9 Å². The van der Waals surface area contributed by atoms with Gasteiger partial charge in [-0.05, 0) is 43.0 Å². The van der Waals surface area contributed by atoms with Gasteiger partial charge in [0.1, 0.15) is 4.90 Å². The lowest BCUT2D eigenvalue weighted by molar-refractivity contribution is 0.262. The molecule has 2 aromatic carbocycles. The number of halogens is 1. The molecule has 8 nitrogen and oxygen atoms in total. The van der Waals surface area contributed by atoms with Crippen LogP contribution < -0.4 is 16.0 Å². The second-order valence-electron chi connectivity index (χ2n) is 7.82. The first-order valence-electron chi connectivity index (χ1n) is 10.2. The van der Waals surface area contributed by atoms with E-state index in [2.05, 4.69) is 16.0 Å². The van der Waals surface area contributed by atoms with Crippen LogP contribution in [0.4, 0.5) is 16.2 Å². The van der Waals surface area contributed by atoms with Gasteiger partial charge in [-0.3, -0.25) is 0 Å². The number of anilines is 2. The van der Waals surface area contributed by atoms with E-state index in [9.17, 15) is 18.3 Å². The van der Waals surface area contributed by atoms with E-state index in [4.69, 9.17) is 11.6 Å². The number of rotatable bonds is 5. The molecule has 0 unspecified atom stereocenters. The first-order chi connectivity index (χ1) is 14.8. The molecule has 2 heterocycles. The number of phenolic OH excluding ortho intramolecular Hbond substituents is 1. The number of carbonyl (C=O) groups excluding carboxylic acids is 1. The van der Waals surface area contributed by atoms with Gasteiger partial charge in [0.05, 0.1) is 10.7 Å². The van der Waals surface area contributed by atoms with Gasteiger partial charge < -0.3 is 21.1 Å². The van der Waals surface area contributed by atoms with Crippen LogP contribution in [-0.2, 0) is 16.4 Å². The zero-order valence-electron chi connectivity index (χ0n) is 17.1. The molecule has 10 heteroatoms. The number of sulfonamides is 1. The summed E-state index contributed by atoms with van der Waals surface area (Å²) < 4.78 is 27.9. The van der Waals surface area contributed by atoms with Crippen LogP contribution in [0.25, 0.3) is 0 Å². The third-order valence-electron chi connectivity index (χ3n) is 5.76. The van der Waals surface area contributed by atoms with E-state index in [0.29, 0.717) is 18.8 Å². The van der Waals surface area contributed by atoms with Crippen LogP contribution in [0.1, 0.15) is 25.3 Å². The Morgan fingerprint density at radius 1 is 1.13 bits per heavy atom. The smallest absolute Gasteiger partial charge is 0.323 e. The quantitative estimate of drug-likeness (QED) is 0.507. The Bertz CT molecular complexity index is 1100. The summed E-state index contributed by atoms with van der Waals surface area (Å²) in [5.74, 6) is -0.572. The fraction of sp³-hybridized carbons (Fsp3) is 0.381. The highest BCUT2D eigenvalue weighted by Gasteiger charge is 2.40. The molecule has 0 radical (unpaired) electrons. The van der Waals surface area contributed by atoms with Crippen molar-refractivity contribution in [3.63, 3.8) is 0 Å². The molecule has 2 saturated heterocycles. The lowest BCUT2D eigenvalue weighted by Crippen LogP contribution is -2.52. The predicted molar refractivity (Wildman–Crippen MR) is 120 cm³/mol. The average Bonchev–Trinajstić information content (AvgIpc) is 3.07. The van der Waals surface area contributed by atoms with Crippen molar-refractivity contribution in [1.29, 1.82) is 0 Å². The third-order valence-corrected chi connectivity index (χ3v) is 8.09. The van der Waals surface area contributed by atoms with Crippen molar-refractivity contribution in [1.82, 2.24) is 9.62 Å². The van der Waals surface area contributed by atoms with Gasteiger partial charge in [0.15, 0.2) is 5.75 Å². The zero-order valence-corrected chi connectivity index (χ0v) is 18.6. The molecule has 0 aromatic heterocycles. The van der Waals surface area contributed by atoms with Gasteiger partial charge in [-0.2, -0.15) is 4.31 Å². The summed E-state index contributed by atoms with van der Waals surface area (Å²) in [5, 5.41) is 19.3. The molecule has 4 N–H and O–H groups in total. The Morgan fingerprint density at radius 3 is 2.45 bits per heavy atom. The van der Waals surface area contributed by atoms with Crippen molar-refractivity contribution >= 4 is 39.0 Å². The maximum absolute atomic E-state index is 13.3. The van der Waals surface area contributed by atoms with Crippen LogP contribution in [0.5, 0.6) is 5.75 Å². The zero-order chi connectivity index (χ0) is 22.2. The van der Waals surface area contributed by atoms with Crippen LogP contribution in [0.2, 0.25) is 5.02 Å². The molecule has 0 saturated carbocycles. The molecular weight excluding hydrogens is 440 g/mol. The molecule has 31 heavy (non-hydrogen) atoms. The van der Waals surface area contributed by atoms with Crippen molar-refractivity contribution in [2.24, 2.45) is 0 Å². The highest BCUT2D eigenvalue weighted by molar-refractivity contribution is 7.89. The Labute approximate surface area is 186 Å². The molecular formula is C21H25ClN4O4S. The summed E-state index contributed by atoms with van der Waals surface area (Å²) in [5.41, 5.74) is 1.56. The number of aryl methyl sites for hydroxylation is 1. The standard InChI is InChI=1S/C21H25ClN4O4S/c1-2-13-5-3-4-6-17(13)24-21(28)25-18-10-9-16(22)20(19(18)27)31(29,30)26-11-14-7-8-15(12-26)23-14/h3-6,9-10,14-15,23,27H,2,7-8,11-12H2,1H3,(H2,24,25,28)/t14-,15-/m0/s1. The maximum Gasteiger partial charge on any atom is 0.323 e. The Balaban J connectivity index is 1.58. The molecule has 2 fully saturated rings. The van der Waals surface area contributed by atoms with Crippen LogP contribution in [0, 0.1) is 0 Å². The van der Waals surface area contributed by atoms with Gasteiger partial charge in [0.2, 0.25) is 10.0 Å². The number of nitrogens with one attached hydrogen (secondary N) is 3. The number of benzene rings is 2. The minimum Gasteiger partial charge on any atom is -0.504 e. The van der Waals surface area contributed by atoms with E-state index >= 15 is 0 Å². The van der Waals surface area contributed by atoms with Crippen molar-refractivity contribution in [2.75, 3.05) is 23.7 Å². The van der Waals surface area contributed by atoms with Gasteiger partial charge in [-0.25, -0.2) is 13.2 Å². The van der Waals surface area contributed by atoms with E-state index < -0.39 is 21.8 Å². The topological polar surface area (TPSA) is 111 Å². The fourth-order valence-corrected chi connectivity index (χ4v) is 6.33. The first kappa shape index (κ1) is 21.9. The summed E-state index contributed by atoms with van der Waals surface area (Å²) >= 11 is 6.19. The number of fused-ring (bicyclic) bond motifs is 2. The number of piperazine rings is 1. The minimum atomic E-state index is -4.04. The molecule has 0 aliphatic carbocycles. The van der Waals surface area contributed by atoms with Crippen LogP contribution >= 0.6 is 11.6 Å². The van der Waals surface area contributed by atoms with Crippen molar-refractivity contribution in [2.45, 2.75) is 43.2 Å². The number of para-hydroxylation sites is 1. The monoisotopic (exact) mass is 464 g/mol. The Hall–Kier alpha value is -2.33. The summed E-state index contributed by atoms with van der Waals surface area (Å²) in [6.07, 6.45) is 2.56. The molecule has 2 bridgehead atoms. The molecule has 2 aliphatic rings. The molecule has 2 aromatic rings. The predicted octanol–water partition coefficient (Wildman–Crippen LogP) is 3.38. The SMILES string of the molecule is CCc1ccccc1NC(=O)Nc1ccc(Cl)c(S(=O)(=O)N2C[C@@H]3CC[C@@H](C2)N3)c1O. The molecule has 2 aliphatic heterocycles. The van der Waals surface area contributed by atoms with Gasteiger partial charge in [-0.15, -0.1) is 0 Å². The van der Waals surface area contributed by atoms with Crippen molar-refractivity contribution in [3.05, 3.63) is 47.0 Å². The Kier molecular flexibility index (Phi) is 6.11. The van der Waals surface area contributed by atoms with Crippen LogP contribution in [0.3, 0.4) is 0 Å². The molecule has 2 atom stereocenters. The van der Waals surface area contributed by atoms with E-state index in [0.717, 1.165) is 24.8 Å². The number of nitrogens with zero attached hydrogens (tertiary/aromatic N) is 1. The highest BCUT2D eigenvalue weighted by Crippen LogP contribution is 2.39. The van der Waals surface area contributed by atoms with Gasteiger partial charge >= 0.3 is 6.03 Å². The number of hydrogen-bond acceptors (Lipinski definition) is 5. The molecule has 4 rings (SSSR count). The Morgan fingerprint density at radius 2 is 1.77 bits per heavy atom. The first-order valence-corrected chi connectivity index (χ1v) is 12.0. The number of phenols is 1. The summed E-state index contributed by atoms with van der Waals surface area (Å²) in [4.78, 5) is 12.1. The molecule has 0 spiro atoms. The fourth-order valence-electron chi connectivity index (χ4n) is 4.20. The summed E-state index contributed by atoms with van der Waals surface area (Å²) in [6.45, 7) is 2.62. The van der Waals surface area contributed by atoms with E-state index in [1.54, 1.807) is 12.1 Å². The normalized spacial score (nSPS) is 21.1.